The van der Waals surface area contributed by atoms with Gasteiger partial charge in [-0.3, -0.25) is 18.8 Å². The van der Waals surface area contributed by atoms with Crippen molar-refractivity contribution in [1.29, 1.82) is 5.26 Å². The smallest absolute Gasteiger partial charge is 0.459 e. The minimum absolute atomic E-state index is 0.0461. The van der Waals surface area contributed by atoms with E-state index in [1.54, 1.807) is 6.92 Å². The lowest BCUT2D eigenvalue weighted by molar-refractivity contribution is -0.295. The molecule has 0 bridgehead atoms. The van der Waals surface area contributed by atoms with Crippen LogP contribution in [0.2, 0.25) is 0 Å². The number of hydrogen-bond donors (Lipinski definition) is 2. The van der Waals surface area contributed by atoms with E-state index < -0.39 is 61.9 Å². The van der Waals surface area contributed by atoms with E-state index in [0.717, 1.165) is 4.57 Å². The van der Waals surface area contributed by atoms with E-state index in [9.17, 15) is 24.2 Å². The molecule has 0 radical (unpaired) electrons. The van der Waals surface area contributed by atoms with Crippen LogP contribution in [-0.4, -0.2) is 53.0 Å². The van der Waals surface area contributed by atoms with Crippen molar-refractivity contribution >= 4 is 25.5 Å². The predicted octanol–water partition coefficient (Wildman–Crippen LogP) is 1.47. The molecule has 1 saturated heterocycles. The molecule has 0 spiro atoms. The van der Waals surface area contributed by atoms with Gasteiger partial charge < -0.3 is 19.7 Å². The number of rotatable bonds is 5. The second kappa shape index (κ2) is 11.1. The fourth-order valence-electron chi connectivity index (χ4n) is 4.07. The number of ether oxygens (including phenoxy) is 2. The fourth-order valence-corrected chi connectivity index (χ4v) is 5.60. The molecule has 2 aliphatic rings. The first-order valence-electron chi connectivity index (χ1n) is 11.8. The van der Waals surface area contributed by atoms with Crippen LogP contribution in [0.1, 0.15) is 37.4 Å². The van der Waals surface area contributed by atoms with E-state index in [1.165, 1.54) is 50.4 Å². The molecule has 4 rings (SSSR count). The average Bonchev–Trinajstić information content (AvgIpc) is 3.16. The van der Waals surface area contributed by atoms with Gasteiger partial charge in [0.05, 0.1) is 19.3 Å². The Morgan fingerprint density at radius 1 is 1.38 bits per heavy atom. The van der Waals surface area contributed by atoms with E-state index in [-0.39, 0.29) is 23.7 Å². The maximum absolute atomic E-state index is 13.9. The number of aromatic nitrogens is 2. The number of nitrogens with one attached hydrogen (secondary N) is 1. The molecule has 15 nitrogen and oxygen atoms in total. The van der Waals surface area contributed by atoms with Crippen LogP contribution in [0.5, 0.6) is 5.75 Å². The van der Waals surface area contributed by atoms with Crippen LogP contribution in [0, 0.1) is 16.7 Å². The summed E-state index contributed by atoms with van der Waals surface area (Å²) in [5.74, 6) is -2.00. The molecule has 0 amide bonds. The number of para-hydroxylation sites is 1. The first-order valence-corrected chi connectivity index (χ1v) is 13.3. The van der Waals surface area contributed by atoms with Crippen molar-refractivity contribution in [2.24, 2.45) is 5.41 Å². The zero-order valence-electron chi connectivity index (χ0n) is 21.1. The maximum Gasteiger partial charge on any atom is 0.459 e. The summed E-state index contributed by atoms with van der Waals surface area (Å²) in [5.41, 5.74) is 2.93. The Morgan fingerprint density at radius 3 is 2.82 bits per heavy atom. The molecule has 2 aliphatic heterocycles. The summed E-state index contributed by atoms with van der Waals surface area (Å²) in [6.07, 6.45) is -2.59. The lowest BCUT2D eigenvalue weighted by Gasteiger charge is -2.27. The van der Waals surface area contributed by atoms with Crippen LogP contribution in [0.3, 0.4) is 0 Å². The van der Waals surface area contributed by atoms with E-state index >= 15 is 0 Å². The molecule has 16 heteroatoms. The van der Waals surface area contributed by atoms with Crippen molar-refractivity contribution in [3.05, 3.63) is 52.6 Å². The first kappa shape index (κ1) is 28.2. The van der Waals surface area contributed by atoms with Crippen molar-refractivity contribution in [2.75, 3.05) is 18.9 Å². The summed E-state index contributed by atoms with van der Waals surface area (Å²) < 4.78 is 37.1. The van der Waals surface area contributed by atoms with E-state index in [2.05, 4.69) is 16.1 Å². The third-order valence-corrected chi connectivity index (χ3v) is 7.67. The normalized spacial score (nSPS) is 29.4. The molecule has 3 heterocycles. The van der Waals surface area contributed by atoms with Crippen molar-refractivity contribution < 1.29 is 42.5 Å². The minimum atomic E-state index is -4.43. The number of nitrogens with two attached hydrogens (primary N) is 1. The number of fused-ring (bicyclic) bond motifs is 2. The summed E-state index contributed by atoms with van der Waals surface area (Å²) in [7, 11) is -4.43. The zero-order chi connectivity index (χ0) is 28.4. The Kier molecular flexibility index (Phi) is 8.05. The first-order chi connectivity index (χ1) is 18.5. The van der Waals surface area contributed by atoms with Crippen molar-refractivity contribution in [1.82, 2.24) is 14.6 Å². The standard InChI is InChI=1S/C23H26N5O10P/c1-4-33-19(29)13(2)27-39(32)34-11-16-18(36-37-20(30)14-7-5-6-8-15(14)38-39)23(3,12-24)21(35-16)28-10-9-17(25)26-22(28)31/h5-10,13,16,18,21H,4,11H2,1-3H3,(H,27,32)(H2,25,26,31)/t13-,16+,18+,21+,23+,39?/m0/s1. The van der Waals surface area contributed by atoms with Crippen molar-refractivity contribution in [3.8, 4) is 11.8 Å². The topological polar surface area (TPSA) is 203 Å². The van der Waals surface area contributed by atoms with Crippen molar-refractivity contribution in [2.45, 2.75) is 45.2 Å². The van der Waals surface area contributed by atoms with Crippen LogP contribution in [-0.2, 0) is 33.1 Å². The van der Waals surface area contributed by atoms with Gasteiger partial charge in [-0.1, -0.05) is 12.1 Å². The maximum atomic E-state index is 13.9. The average molecular weight is 563 g/mol. The van der Waals surface area contributed by atoms with Gasteiger partial charge >= 0.3 is 25.4 Å². The summed E-state index contributed by atoms with van der Waals surface area (Å²) in [4.78, 5) is 51.9. The highest BCUT2D eigenvalue weighted by Crippen LogP contribution is 2.50. The predicted molar refractivity (Wildman–Crippen MR) is 131 cm³/mol. The van der Waals surface area contributed by atoms with Gasteiger partial charge in [-0.05, 0) is 39.0 Å². The molecule has 1 fully saturated rings. The van der Waals surface area contributed by atoms with Crippen molar-refractivity contribution in [3.63, 3.8) is 0 Å². The fraction of sp³-hybridized carbons (Fsp3) is 0.435. The third kappa shape index (κ3) is 5.65. The molecular formula is C23H26N5O10P. The highest BCUT2D eigenvalue weighted by molar-refractivity contribution is 7.52. The minimum Gasteiger partial charge on any atom is -0.465 e. The Balaban J connectivity index is 1.74. The Morgan fingerprint density at radius 2 is 2.13 bits per heavy atom. The second-order valence-corrected chi connectivity index (χ2v) is 10.5. The van der Waals surface area contributed by atoms with Gasteiger partial charge in [-0.25, -0.2) is 14.2 Å². The molecular weight excluding hydrogens is 537 g/mol. The molecule has 3 N–H and O–H groups in total. The SMILES string of the molecule is CCOC(=O)[C@H](C)NP1(=O)OC[C@H]2O[C@@H](n3ccc(N)nc3=O)[C@](C)(C#N)[C@@H]2OOC(=O)c2ccccc2O1. The number of nitrogen functional groups attached to an aromatic ring is 1. The third-order valence-electron chi connectivity index (χ3n) is 6.04. The molecule has 0 aliphatic carbocycles. The van der Waals surface area contributed by atoms with E-state index in [4.69, 9.17) is 34.0 Å². The van der Waals surface area contributed by atoms with Gasteiger partial charge in [0.25, 0.3) is 0 Å². The van der Waals surface area contributed by atoms with Gasteiger partial charge in [0.1, 0.15) is 34.7 Å². The number of benzene rings is 1. The van der Waals surface area contributed by atoms with Crippen LogP contribution in [0.4, 0.5) is 5.82 Å². The van der Waals surface area contributed by atoms with Gasteiger partial charge in [0.15, 0.2) is 12.3 Å². The largest absolute Gasteiger partial charge is 0.465 e. The van der Waals surface area contributed by atoms with Gasteiger partial charge in [-0.2, -0.15) is 20.2 Å². The molecule has 208 valence electrons. The number of carbonyl (C=O) groups is 2. The van der Waals surface area contributed by atoms with Crippen LogP contribution < -0.4 is 21.0 Å². The highest BCUT2D eigenvalue weighted by Gasteiger charge is 2.58. The number of carbonyl (C=O) groups excluding carboxylic acids is 2. The number of nitrogens with zero attached hydrogens (tertiary/aromatic N) is 3. The second-order valence-electron chi connectivity index (χ2n) is 8.83. The Labute approximate surface area is 222 Å². The number of nitriles is 1. The number of anilines is 1. The lowest BCUT2D eigenvalue weighted by atomic mass is 9.84. The molecule has 1 unspecified atom stereocenters. The molecule has 1 aromatic heterocycles. The number of esters is 1. The van der Waals surface area contributed by atoms with Crippen LogP contribution in [0.25, 0.3) is 0 Å². The van der Waals surface area contributed by atoms with Gasteiger partial charge in [-0.15, -0.1) is 0 Å². The molecule has 0 saturated carbocycles. The molecule has 1 aromatic carbocycles. The molecule has 39 heavy (non-hydrogen) atoms. The summed E-state index contributed by atoms with van der Waals surface area (Å²) >= 11 is 0. The van der Waals surface area contributed by atoms with Crippen LogP contribution in [0.15, 0.2) is 41.3 Å². The van der Waals surface area contributed by atoms with E-state index in [0.29, 0.717) is 0 Å². The van der Waals surface area contributed by atoms with E-state index in [1.807, 2.05) is 0 Å². The Bertz CT molecular complexity index is 1410. The summed E-state index contributed by atoms with van der Waals surface area (Å²) in [6, 6.07) is 7.92. The highest BCUT2D eigenvalue weighted by atomic mass is 31.2. The zero-order valence-corrected chi connectivity index (χ0v) is 22.0. The van der Waals surface area contributed by atoms with Gasteiger partial charge in [0, 0.05) is 6.20 Å². The Hall–Kier alpha value is -3.80. The van der Waals surface area contributed by atoms with Gasteiger partial charge in [0.2, 0.25) is 0 Å². The van der Waals surface area contributed by atoms with Crippen LogP contribution >= 0.6 is 7.75 Å². The quantitative estimate of drug-likeness (QED) is 0.300. The molecule has 2 aromatic rings. The summed E-state index contributed by atoms with van der Waals surface area (Å²) in [6.45, 7) is 3.94. The molecule has 6 atom stereocenters. The monoisotopic (exact) mass is 563 g/mol. The lowest BCUT2D eigenvalue weighted by Crippen LogP contribution is -2.42. The summed E-state index contributed by atoms with van der Waals surface area (Å²) in [5, 5.41) is 12.6. The number of hydrogen-bond acceptors (Lipinski definition) is 13.